The summed E-state index contributed by atoms with van der Waals surface area (Å²) < 4.78 is 0. The second-order valence-corrected chi connectivity index (χ2v) is 8.26. The number of nitrogens with zero attached hydrogens (tertiary/aromatic N) is 1. The Labute approximate surface area is 155 Å². The Morgan fingerprint density at radius 3 is 2.19 bits per heavy atom. The third-order valence-corrected chi connectivity index (χ3v) is 6.58. The van der Waals surface area contributed by atoms with Gasteiger partial charge in [-0.25, -0.2) is 0 Å². The van der Waals surface area contributed by atoms with E-state index in [1.54, 1.807) is 0 Å². The van der Waals surface area contributed by atoms with Gasteiger partial charge in [-0.15, -0.1) is 0 Å². The first-order valence-electron chi connectivity index (χ1n) is 10.1. The fourth-order valence-electron chi connectivity index (χ4n) is 5.05. The first-order chi connectivity index (χ1) is 12.6. The van der Waals surface area contributed by atoms with E-state index in [0.29, 0.717) is 17.4 Å². The molecule has 0 radical (unpaired) electrons. The molecule has 2 unspecified atom stereocenters. The Hall–Kier alpha value is -1.88. The number of fused-ring (bicyclic) bond motifs is 2. The van der Waals surface area contributed by atoms with Crippen LogP contribution in [-0.2, 0) is 4.79 Å². The van der Waals surface area contributed by atoms with Crippen LogP contribution in [0.2, 0.25) is 0 Å². The van der Waals surface area contributed by atoms with Gasteiger partial charge in [0.15, 0.2) is 0 Å². The zero-order valence-electron chi connectivity index (χ0n) is 15.3. The minimum atomic E-state index is 0.0657. The summed E-state index contributed by atoms with van der Waals surface area (Å²) in [6.07, 6.45) is 7.58. The van der Waals surface area contributed by atoms with Crippen molar-refractivity contribution in [2.75, 3.05) is 18.4 Å². The number of nitrogens with two attached hydrogens (primary N) is 1. The molecule has 0 aromatic heterocycles. The summed E-state index contributed by atoms with van der Waals surface area (Å²) >= 11 is 0. The third kappa shape index (κ3) is 3.50. The molecule has 2 saturated carbocycles. The molecule has 0 spiro atoms. The summed E-state index contributed by atoms with van der Waals surface area (Å²) in [5.74, 6) is 1.26. The van der Waals surface area contributed by atoms with Crippen LogP contribution < -0.4 is 11.1 Å². The molecule has 4 rings (SSSR count). The van der Waals surface area contributed by atoms with Crippen LogP contribution in [-0.4, -0.2) is 35.8 Å². The first kappa shape index (κ1) is 17.5. The molecule has 1 heterocycles. The molecule has 1 aliphatic heterocycles. The molecule has 140 valence electrons. The average Bonchev–Trinajstić information content (AvgIpc) is 3.16. The van der Waals surface area contributed by atoms with E-state index in [9.17, 15) is 9.59 Å². The number of carbonyl (C=O) groups excluding carboxylic acids is 2. The van der Waals surface area contributed by atoms with Crippen molar-refractivity contribution in [1.82, 2.24) is 4.90 Å². The topological polar surface area (TPSA) is 75.4 Å². The Kier molecular flexibility index (Phi) is 4.98. The van der Waals surface area contributed by atoms with E-state index in [4.69, 9.17) is 5.73 Å². The van der Waals surface area contributed by atoms with E-state index in [2.05, 4.69) is 5.32 Å². The van der Waals surface area contributed by atoms with Gasteiger partial charge in [0.05, 0.1) is 0 Å². The number of likely N-dealkylation sites (tertiary alicyclic amines) is 1. The highest BCUT2D eigenvalue weighted by Crippen LogP contribution is 2.42. The summed E-state index contributed by atoms with van der Waals surface area (Å²) in [5, 5.41) is 3.05. The summed E-state index contributed by atoms with van der Waals surface area (Å²) in [4.78, 5) is 27.0. The SMILES string of the molecule is NC1C2CCCC1CC(C(=O)Nc1ccc(C(=O)N3CCCC3)cc1)C2. The molecule has 2 amide bonds. The summed E-state index contributed by atoms with van der Waals surface area (Å²) in [6.45, 7) is 1.70. The average molecular weight is 355 g/mol. The van der Waals surface area contributed by atoms with Crippen molar-refractivity contribution >= 4 is 17.5 Å². The maximum Gasteiger partial charge on any atom is 0.253 e. The molecular formula is C21H29N3O2. The van der Waals surface area contributed by atoms with Crippen molar-refractivity contribution in [2.45, 2.75) is 51.0 Å². The number of hydrogen-bond acceptors (Lipinski definition) is 3. The van der Waals surface area contributed by atoms with Gasteiger partial charge in [-0.3, -0.25) is 9.59 Å². The van der Waals surface area contributed by atoms with E-state index in [-0.39, 0.29) is 23.8 Å². The highest BCUT2D eigenvalue weighted by molar-refractivity contribution is 5.96. The summed E-state index contributed by atoms with van der Waals surface area (Å²) in [6, 6.07) is 7.61. The monoisotopic (exact) mass is 355 g/mol. The van der Waals surface area contributed by atoms with Crippen LogP contribution in [0.15, 0.2) is 24.3 Å². The van der Waals surface area contributed by atoms with Gasteiger partial charge >= 0.3 is 0 Å². The van der Waals surface area contributed by atoms with Crippen LogP contribution in [0.5, 0.6) is 0 Å². The lowest BCUT2D eigenvalue weighted by atomic mass is 9.65. The van der Waals surface area contributed by atoms with Crippen molar-refractivity contribution in [2.24, 2.45) is 23.5 Å². The van der Waals surface area contributed by atoms with Gasteiger partial charge in [0.25, 0.3) is 5.91 Å². The van der Waals surface area contributed by atoms with Gasteiger partial charge in [-0.05, 0) is 74.6 Å². The molecular weight excluding hydrogens is 326 g/mol. The number of hydrogen-bond donors (Lipinski definition) is 2. The number of carbonyl (C=O) groups is 2. The van der Waals surface area contributed by atoms with Crippen molar-refractivity contribution in [3.05, 3.63) is 29.8 Å². The quantitative estimate of drug-likeness (QED) is 0.875. The Morgan fingerprint density at radius 2 is 1.58 bits per heavy atom. The Morgan fingerprint density at radius 1 is 0.962 bits per heavy atom. The van der Waals surface area contributed by atoms with E-state index in [0.717, 1.165) is 57.3 Å². The molecule has 2 aliphatic carbocycles. The number of anilines is 1. The molecule has 5 nitrogen and oxygen atoms in total. The number of amides is 2. The van der Waals surface area contributed by atoms with Crippen LogP contribution in [0.25, 0.3) is 0 Å². The van der Waals surface area contributed by atoms with Crippen LogP contribution in [0.3, 0.4) is 0 Å². The van der Waals surface area contributed by atoms with Gasteiger partial charge in [-0.1, -0.05) is 6.42 Å². The molecule has 2 atom stereocenters. The number of benzene rings is 1. The van der Waals surface area contributed by atoms with Crippen molar-refractivity contribution < 1.29 is 9.59 Å². The highest BCUT2D eigenvalue weighted by Gasteiger charge is 2.40. The molecule has 3 N–H and O–H groups in total. The Balaban J connectivity index is 1.36. The van der Waals surface area contributed by atoms with Crippen molar-refractivity contribution in [3.63, 3.8) is 0 Å². The standard InChI is InChI=1S/C21H29N3O2/c22-19-15-4-3-5-16(19)13-17(12-15)20(25)23-18-8-6-14(7-9-18)21(26)24-10-1-2-11-24/h6-9,15-17,19H,1-5,10-13,22H2,(H,23,25). The van der Waals surface area contributed by atoms with E-state index in [1.807, 2.05) is 29.2 Å². The van der Waals surface area contributed by atoms with Gasteiger partial charge in [0, 0.05) is 36.3 Å². The molecule has 1 aromatic carbocycles. The largest absolute Gasteiger partial charge is 0.339 e. The molecule has 3 fully saturated rings. The van der Waals surface area contributed by atoms with Crippen LogP contribution in [0, 0.1) is 17.8 Å². The zero-order valence-corrected chi connectivity index (χ0v) is 15.3. The maximum absolute atomic E-state index is 12.7. The van der Waals surface area contributed by atoms with E-state index < -0.39 is 0 Å². The normalized spacial score (nSPS) is 30.9. The summed E-state index contributed by atoms with van der Waals surface area (Å²) in [7, 11) is 0. The molecule has 26 heavy (non-hydrogen) atoms. The predicted molar refractivity (Wildman–Crippen MR) is 102 cm³/mol. The molecule has 1 saturated heterocycles. The van der Waals surface area contributed by atoms with Crippen molar-refractivity contribution in [3.8, 4) is 0 Å². The van der Waals surface area contributed by atoms with Gasteiger partial charge in [0.2, 0.25) is 5.91 Å². The molecule has 3 aliphatic rings. The maximum atomic E-state index is 12.7. The number of rotatable bonds is 3. The minimum Gasteiger partial charge on any atom is -0.339 e. The lowest BCUT2D eigenvalue weighted by Gasteiger charge is -2.43. The number of nitrogens with one attached hydrogen (secondary N) is 1. The highest BCUT2D eigenvalue weighted by atomic mass is 16.2. The molecule has 2 bridgehead atoms. The summed E-state index contributed by atoms with van der Waals surface area (Å²) in [5.41, 5.74) is 7.80. The lowest BCUT2D eigenvalue weighted by molar-refractivity contribution is -0.122. The fourth-order valence-corrected chi connectivity index (χ4v) is 5.05. The smallest absolute Gasteiger partial charge is 0.253 e. The van der Waals surface area contributed by atoms with Crippen LogP contribution in [0.1, 0.15) is 55.3 Å². The zero-order chi connectivity index (χ0) is 18.1. The third-order valence-electron chi connectivity index (χ3n) is 6.58. The van der Waals surface area contributed by atoms with E-state index >= 15 is 0 Å². The lowest BCUT2D eigenvalue weighted by Crippen LogP contribution is -2.48. The van der Waals surface area contributed by atoms with E-state index in [1.165, 1.54) is 6.42 Å². The first-order valence-corrected chi connectivity index (χ1v) is 10.1. The van der Waals surface area contributed by atoms with Crippen LogP contribution in [0.4, 0.5) is 5.69 Å². The van der Waals surface area contributed by atoms with Gasteiger partial charge in [-0.2, -0.15) is 0 Å². The molecule has 5 heteroatoms. The second kappa shape index (κ2) is 7.39. The minimum absolute atomic E-state index is 0.0657. The van der Waals surface area contributed by atoms with Crippen molar-refractivity contribution in [1.29, 1.82) is 0 Å². The second-order valence-electron chi connectivity index (χ2n) is 8.26. The van der Waals surface area contributed by atoms with Crippen LogP contribution >= 0.6 is 0 Å². The van der Waals surface area contributed by atoms with Gasteiger partial charge in [0.1, 0.15) is 0 Å². The fraction of sp³-hybridized carbons (Fsp3) is 0.619. The Bertz CT molecular complexity index is 652. The predicted octanol–water partition coefficient (Wildman–Crippen LogP) is 3.01. The van der Waals surface area contributed by atoms with Gasteiger partial charge < -0.3 is 16.0 Å². The molecule has 1 aromatic rings.